The molecule has 0 aliphatic heterocycles. The number of esters is 1. The standard InChI is InChI=1S/C11H12ClFO4/c1-17-11(16)7-4-2-3-6(9(7)13)10(15)8(14)5-12/h2-4,8,10,14-15H,5H2,1H3. The lowest BCUT2D eigenvalue weighted by Gasteiger charge is -2.17. The van der Waals surface area contributed by atoms with Crippen LogP contribution in [0, 0.1) is 5.82 Å². The fraction of sp³-hybridized carbons (Fsp3) is 0.364. The van der Waals surface area contributed by atoms with Crippen molar-refractivity contribution in [3.8, 4) is 0 Å². The van der Waals surface area contributed by atoms with E-state index in [1.807, 2.05) is 0 Å². The van der Waals surface area contributed by atoms with Gasteiger partial charge in [0.1, 0.15) is 11.9 Å². The molecule has 2 atom stereocenters. The molecule has 0 radical (unpaired) electrons. The molecule has 0 heterocycles. The van der Waals surface area contributed by atoms with E-state index < -0.39 is 24.0 Å². The summed E-state index contributed by atoms with van der Waals surface area (Å²) in [5, 5.41) is 18.9. The van der Waals surface area contributed by atoms with Crippen molar-refractivity contribution in [2.45, 2.75) is 12.2 Å². The SMILES string of the molecule is COC(=O)c1cccc(C(O)C(O)CCl)c1F. The minimum Gasteiger partial charge on any atom is -0.465 e. The summed E-state index contributed by atoms with van der Waals surface area (Å²) in [7, 11) is 1.12. The Morgan fingerprint density at radius 1 is 1.53 bits per heavy atom. The maximum Gasteiger partial charge on any atom is 0.340 e. The molecular weight excluding hydrogens is 251 g/mol. The van der Waals surface area contributed by atoms with Crippen LogP contribution >= 0.6 is 11.6 Å². The van der Waals surface area contributed by atoms with Crippen molar-refractivity contribution in [3.05, 3.63) is 35.1 Å². The highest BCUT2D eigenvalue weighted by Crippen LogP contribution is 2.23. The van der Waals surface area contributed by atoms with Gasteiger partial charge in [-0.2, -0.15) is 0 Å². The third kappa shape index (κ3) is 2.94. The minimum atomic E-state index is -1.49. The van der Waals surface area contributed by atoms with E-state index in [0.717, 1.165) is 7.11 Å². The Hall–Kier alpha value is -1.17. The van der Waals surface area contributed by atoms with Gasteiger partial charge in [-0.05, 0) is 6.07 Å². The second-order valence-electron chi connectivity index (χ2n) is 3.37. The zero-order valence-electron chi connectivity index (χ0n) is 9.06. The number of hydrogen-bond acceptors (Lipinski definition) is 4. The summed E-state index contributed by atoms with van der Waals surface area (Å²) in [6, 6.07) is 3.88. The minimum absolute atomic E-state index is 0.193. The number of rotatable bonds is 4. The Morgan fingerprint density at radius 2 is 2.18 bits per heavy atom. The van der Waals surface area contributed by atoms with E-state index in [4.69, 9.17) is 11.6 Å². The van der Waals surface area contributed by atoms with E-state index in [0.29, 0.717) is 0 Å². The quantitative estimate of drug-likeness (QED) is 0.633. The number of carbonyl (C=O) groups excluding carboxylic acids is 1. The van der Waals surface area contributed by atoms with Crippen molar-refractivity contribution < 1.29 is 24.1 Å². The van der Waals surface area contributed by atoms with Gasteiger partial charge >= 0.3 is 5.97 Å². The van der Waals surface area contributed by atoms with Crippen molar-refractivity contribution in [2.75, 3.05) is 13.0 Å². The molecule has 0 aromatic heterocycles. The van der Waals surface area contributed by atoms with E-state index in [1.54, 1.807) is 0 Å². The first kappa shape index (κ1) is 13.9. The second kappa shape index (κ2) is 5.95. The second-order valence-corrected chi connectivity index (χ2v) is 3.68. The van der Waals surface area contributed by atoms with Crippen LogP contribution in [0.25, 0.3) is 0 Å². The molecule has 6 heteroatoms. The van der Waals surface area contributed by atoms with Crippen LogP contribution in [0.5, 0.6) is 0 Å². The summed E-state index contributed by atoms with van der Waals surface area (Å²) in [5.41, 5.74) is -0.494. The summed E-state index contributed by atoms with van der Waals surface area (Å²) in [6.07, 6.45) is -2.80. The third-order valence-electron chi connectivity index (χ3n) is 2.28. The number of ether oxygens (including phenoxy) is 1. The van der Waals surface area contributed by atoms with Crippen LogP contribution in [0.2, 0.25) is 0 Å². The van der Waals surface area contributed by atoms with Crippen molar-refractivity contribution in [1.29, 1.82) is 0 Å². The molecule has 1 rings (SSSR count). The number of methoxy groups -OCH3 is 1. The molecule has 0 saturated heterocycles. The van der Waals surface area contributed by atoms with Gasteiger partial charge in [0.05, 0.1) is 24.7 Å². The average molecular weight is 263 g/mol. The van der Waals surface area contributed by atoms with E-state index in [9.17, 15) is 19.4 Å². The molecule has 0 amide bonds. The zero-order valence-corrected chi connectivity index (χ0v) is 9.82. The molecule has 0 bridgehead atoms. The highest BCUT2D eigenvalue weighted by Gasteiger charge is 2.24. The van der Waals surface area contributed by atoms with Crippen LogP contribution in [0.15, 0.2) is 18.2 Å². The number of benzene rings is 1. The van der Waals surface area contributed by atoms with Crippen molar-refractivity contribution in [1.82, 2.24) is 0 Å². The topological polar surface area (TPSA) is 66.8 Å². The molecule has 2 unspecified atom stereocenters. The van der Waals surface area contributed by atoms with Crippen LogP contribution in [-0.2, 0) is 4.74 Å². The van der Waals surface area contributed by atoms with Crippen molar-refractivity contribution in [2.24, 2.45) is 0 Å². The predicted molar refractivity (Wildman–Crippen MR) is 59.4 cm³/mol. The van der Waals surface area contributed by atoms with Gasteiger partial charge in [-0.15, -0.1) is 11.6 Å². The number of aliphatic hydroxyl groups is 2. The smallest absolute Gasteiger partial charge is 0.340 e. The molecule has 0 fully saturated rings. The number of halogens is 2. The largest absolute Gasteiger partial charge is 0.465 e. The fourth-order valence-corrected chi connectivity index (χ4v) is 1.51. The van der Waals surface area contributed by atoms with Crippen molar-refractivity contribution >= 4 is 17.6 Å². The summed E-state index contributed by atoms with van der Waals surface area (Å²) in [6.45, 7) is 0. The molecule has 0 saturated carbocycles. The third-order valence-corrected chi connectivity index (χ3v) is 2.59. The lowest BCUT2D eigenvalue weighted by molar-refractivity contribution is 0.0301. The maximum absolute atomic E-state index is 13.8. The Balaban J connectivity index is 3.14. The predicted octanol–water partition coefficient (Wildman–Crippen LogP) is 1.25. The molecule has 2 N–H and O–H groups in total. The van der Waals surface area contributed by atoms with Crippen LogP contribution in [0.4, 0.5) is 4.39 Å². The van der Waals surface area contributed by atoms with Crippen LogP contribution in [0.3, 0.4) is 0 Å². The van der Waals surface area contributed by atoms with Gasteiger partial charge in [0, 0.05) is 5.56 Å². The highest BCUT2D eigenvalue weighted by molar-refractivity contribution is 6.18. The highest BCUT2D eigenvalue weighted by atomic mass is 35.5. The van der Waals surface area contributed by atoms with E-state index >= 15 is 0 Å². The monoisotopic (exact) mass is 262 g/mol. The Kier molecular flexibility index (Phi) is 4.86. The number of aliphatic hydroxyl groups excluding tert-OH is 2. The van der Waals surface area contributed by atoms with Gasteiger partial charge in [-0.3, -0.25) is 0 Å². The molecular formula is C11H12ClFO4. The van der Waals surface area contributed by atoms with E-state index in [-0.39, 0.29) is 17.0 Å². The fourth-order valence-electron chi connectivity index (χ4n) is 1.34. The first-order valence-corrected chi connectivity index (χ1v) is 5.35. The lowest BCUT2D eigenvalue weighted by Crippen LogP contribution is -2.21. The lowest BCUT2D eigenvalue weighted by atomic mass is 10.0. The molecule has 94 valence electrons. The first-order valence-electron chi connectivity index (χ1n) is 4.81. The number of carbonyl (C=O) groups is 1. The average Bonchev–Trinajstić information content (AvgIpc) is 2.36. The normalized spacial score (nSPS) is 14.2. The Morgan fingerprint density at radius 3 is 2.71 bits per heavy atom. The molecule has 0 aliphatic carbocycles. The number of hydrogen-bond donors (Lipinski definition) is 2. The summed E-state index contributed by atoms with van der Waals surface area (Å²) >= 11 is 5.35. The molecule has 4 nitrogen and oxygen atoms in total. The van der Waals surface area contributed by atoms with Gasteiger partial charge in [0.2, 0.25) is 0 Å². The van der Waals surface area contributed by atoms with Gasteiger partial charge in [-0.25, -0.2) is 9.18 Å². The molecule has 0 spiro atoms. The van der Waals surface area contributed by atoms with Crippen LogP contribution in [0.1, 0.15) is 22.0 Å². The molecule has 17 heavy (non-hydrogen) atoms. The molecule has 0 aliphatic rings. The van der Waals surface area contributed by atoms with Crippen molar-refractivity contribution in [3.63, 3.8) is 0 Å². The van der Waals surface area contributed by atoms with E-state index in [1.165, 1.54) is 18.2 Å². The summed E-state index contributed by atoms with van der Waals surface area (Å²) in [5.74, 6) is -2.02. The maximum atomic E-state index is 13.8. The van der Waals surface area contributed by atoms with Gasteiger partial charge in [0.25, 0.3) is 0 Å². The van der Waals surface area contributed by atoms with Gasteiger partial charge in [-0.1, -0.05) is 12.1 Å². The molecule has 1 aromatic rings. The number of alkyl halides is 1. The summed E-state index contributed by atoms with van der Waals surface area (Å²) in [4.78, 5) is 11.2. The molecule has 1 aromatic carbocycles. The zero-order chi connectivity index (χ0) is 13.0. The van der Waals surface area contributed by atoms with Gasteiger partial charge in [0.15, 0.2) is 0 Å². The first-order chi connectivity index (χ1) is 8.02. The Bertz CT molecular complexity index is 410. The van der Waals surface area contributed by atoms with Crippen LogP contribution < -0.4 is 0 Å². The van der Waals surface area contributed by atoms with Gasteiger partial charge < -0.3 is 14.9 Å². The Labute approximate surface area is 103 Å². The summed E-state index contributed by atoms with van der Waals surface area (Å²) < 4.78 is 18.2. The van der Waals surface area contributed by atoms with E-state index in [2.05, 4.69) is 4.74 Å². The van der Waals surface area contributed by atoms with Crippen LogP contribution in [-0.4, -0.2) is 35.3 Å².